The highest BCUT2D eigenvalue weighted by molar-refractivity contribution is 6.30. The Balaban J connectivity index is 1.33. The van der Waals surface area contributed by atoms with Gasteiger partial charge in [0.25, 0.3) is 0 Å². The van der Waals surface area contributed by atoms with Crippen molar-refractivity contribution in [1.29, 1.82) is 0 Å². The maximum atomic E-state index is 11.4. The van der Waals surface area contributed by atoms with Gasteiger partial charge in [0, 0.05) is 50.0 Å². The van der Waals surface area contributed by atoms with Crippen molar-refractivity contribution in [2.24, 2.45) is 0 Å². The Labute approximate surface area is 191 Å². The molecule has 32 heavy (non-hydrogen) atoms. The van der Waals surface area contributed by atoms with Crippen LogP contribution in [0.25, 0.3) is 11.0 Å². The first-order chi connectivity index (χ1) is 15.6. The van der Waals surface area contributed by atoms with Crippen LogP contribution in [0.5, 0.6) is 0 Å². The Morgan fingerprint density at radius 1 is 1.16 bits per heavy atom. The molecule has 0 amide bonds. The van der Waals surface area contributed by atoms with E-state index in [1.807, 2.05) is 24.3 Å². The topological polar surface area (TPSA) is 108 Å². The van der Waals surface area contributed by atoms with Gasteiger partial charge >= 0.3 is 5.97 Å². The predicted octanol–water partition coefficient (Wildman–Crippen LogP) is 2.02. The molecule has 0 bridgehead atoms. The first-order valence-corrected chi connectivity index (χ1v) is 10.7. The van der Waals surface area contributed by atoms with Gasteiger partial charge in [-0.1, -0.05) is 17.7 Å². The smallest absolute Gasteiger partial charge is 0.319 e. The van der Waals surface area contributed by atoms with Gasteiger partial charge in [-0.25, -0.2) is 19.9 Å². The summed E-state index contributed by atoms with van der Waals surface area (Å²) in [7, 11) is 1.42. The van der Waals surface area contributed by atoms with Crippen LogP contribution in [0.2, 0.25) is 5.02 Å². The van der Waals surface area contributed by atoms with Crippen molar-refractivity contribution >= 4 is 46.1 Å². The van der Waals surface area contributed by atoms with Gasteiger partial charge in [-0.3, -0.25) is 14.6 Å². The van der Waals surface area contributed by atoms with Crippen LogP contribution in [-0.2, 0) is 9.53 Å². The summed E-state index contributed by atoms with van der Waals surface area (Å²) in [6.07, 6.45) is 3.16. The van der Waals surface area contributed by atoms with Crippen LogP contribution in [0.3, 0.4) is 0 Å². The van der Waals surface area contributed by atoms with E-state index in [1.54, 1.807) is 6.20 Å². The number of piperazine rings is 1. The Hall–Kier alpha value is -3.08. The van der Waals surface area contributed by atoms with Crippen molar-refractivity contribution in [3.63, 3.8) is 0 Å². The molecule has 0 radical (unpaired) electrons. The lowest BCUT2D eigenvalue weighted by atomic mass is 10.3. The van der Waals surface area contributed by atoms with Gasteiger partial charge < -0.3 is 15.4 Å². The van der Waals surface area contributed by atoms with Gasteiger partial charge in [0.05, 0.1) is 19.9 Å². The molecule has 3 heterocycles. The number of nitrogens with zero attached hydrogens (tertiary/aromatic N) is 6. The maximum absolute atomic E-state index is 11.4. The number of hydrogen-bond acceptors (Lipinski definition) is 10. The van der Waals surface area contributed by atoms with E-state index in [9.17, 15) is 4.79 Å². The molecule has 0 unspecified atom stereocenters. The minimum atomic E-state index is -0.193. The molecular formula is C21H25ClN8O2. The molecule has 0 aliphatic carbocycles. The highest BCUT2D eigenvalue weighted by Crippen LogP contribution is 2.23. The standard InChI is InChI=1S/C21H25ClN8O2/c1-32-18(31)13-30-9-7-29(8-10-30)6-5-23-21-24-12-17-19(28-21)20(26-14-25-17)27-16-4-2-3-15(22)11-16/h2-4,11-12,14H,5-10,13H2,1H3,(H,23,24,28)(H,25,26,27). The van der Waals surface area contributed by atoms with E-state index in [0.717, 1.165) is 38.4 Å². The van der Waals surface area contributed by atoms with Crippen LogP contribution in [0.15, 0.2) is 36.8 Å². The number of carbonyl (C=O) groups excluding carboxylic acids is 1. The van der Waals surface area contributed by atoms with Crippen LogP contribution >= 0.6 is 11.6 Å². The van der Waals surface area contributed by atoms with Crippen LogP contribution in [0, 0.1) is 0 Å². The van der Waals surface area contributed by atoms with Crippen molar-refractivity contribution in [3.8, 4) is 0 Å². The molecule has 3 aromatic rings. The van der Waals surface area contributed by atoms with E-state index in [-0.39, 0.29) is 5.97 Å². The number of benzene rings is 1. The molecule has 1 aliphatic rings. The number of hydrogen-bond donors (Lipinski definition) is 2. The average molecular weight is 457 g/mol. The van der Waals surface area contributed by atoms with Crippen LogP contribution in [0.1, 0.15) is 0 Å². The number of aromatic nitrogens is 4. The summed E-state index contributed by atoms with van der Waals surface area (Å²) in [5.41, 5.74) is 2.09. The summed E-state index contributed by atoms with van der Waals surface area (Å²) in [6.45, 7) is 5.40. The lowest BCUT2D eigenvalue weighted by molar-refractivity contribution is -0.142. The summed E-state index contributed by atoms with van der Waals surface area (Å²) in [4.78, 5) is 33.4. The van der Waals surface area contributed by atoms with E-state index in [1.165, 1.54) is 13.4 Å². The molecule has 2 aromatic heterocycles. The Bertz CT molecular complexity index is 1070. The lowest BCUT2D eigenvalue weighted by Gasteiger charge is -2.33. The minimum Gasteiger partial charge on any atom is -0.468 e. The highest BCUT2D eigenvalue weighted by Gasteiger charge is 2.19. The molecule has 1 fully saturated rings. The Kier molecular flexibility index (Phi) is 7.25. The molecule has 1 aromatic carbocycles. The fourth-order valence-electron chi connectivity index (χ4n) is 3.48. The molecule has 1 saturated heterocycles. The Morgan fingerprint density at radius 3 is 2.75 bits per heavy atom. The zero-order valence-corrected chi connectivity index (χ0v) is 18.5. The third-order valence-corrected chi connectivity index (χ3v) is 5.46. The van der Waals surface area contributed by atoms with Crippen molar-refractivity contribution < 1.29 is 9.53 Å². The molecule has 0 spiro atoms. The number of nitrogens with one attached hydrogen (secondary N) is 2. The fourth-order valence-corrected chi connectivity index (χ4v) is 3.67. The van der Waals surface area contributed by atoms with Gasteiger partial charge in [0.2, 0.25) is 5.95 Å². The normalized spacial score (nSPS) is 14.9. The van der Waals surface area contributed by atoms with Gasteiger partial charge in [0.15, 0.2) is 5.82 Å². The van der Waals surface area contributed by atoms with Crippen molar-refractivity contribution in [1.82, 2.24) is 29.7 Å². The highest BCUT2D eigenvalue weighted by atomic mass is 35.5. The summed E-state index contributed by atoms with van der Waals surface area (Å²) >= 11 is 6.08. The first kappa shape index (κ1) is 22.1. The average Bonchev–Trinajstić information content (AvgIpc) is 2.80. The number of fused-ring (bicyclic) bond motifs is 1. The molecule has 2 N–H and O–H groups in total. The third kappa shape index (κ3) is 5.78. The first-order valence-electron chi connectivity index (χ1n) is 10.4. The second kappa shape index (κ2) is 10.5. The van der Waals surface area contributed by atoms with Crippen molar-refractivity contribution in [2.45, 2.75) is 0 Å². The summed E-state index contributed by atoms with van der Waals surface area (Å²) in [5.74, 6) is 0.914. The number of methoxy groups -OCH3 is 1. The second-order valence-electron chi connectivity index (χ2n) is 7.41. The van der Waals surface area contributed by atoms with Crippen LogP contribution in [-0.4, -0.2) is 88.6 Å². The molecule has 10 nitrogen and oxygen atoms in total. The second-order valence-corrected chi connectivity index (χ2v) is 7.84. The van der Waals surface area contributed by atoms with E-state index < -0.39 is 0 Å². The van der Waals surface area contributed by atoms with Gasteiger partial charge in [-0.2, -0.15) is 0 Å². The zero-order valence-electron chi connectivity index (χ0n) is 17.8. The number of anilines is 3. The number of esters is 1. The third-order valence-electron chi connectivity index (χ3n) is 5.22. The van der Waals surface area contributed by atoms with Crippen molar-refractivity contribution in [3.05, 3.63) is 41.8 Å². The van der Waals surface area contributed by atoms with E-state index in [2.05, 4.69) is 40.4 Å². The van der Waals surface area contributed by atoms with E-state index >= 15 is 0 Å². The SMILES string of the molecule is COC(=O)CN1CCN(CCNc2ncc3ncnc(Nc4cccc(Cl)c4)c3n2)CC1. The summed E-state index contributed by atoms with van der Waals surface area (Å²) in [5, 5.41) is 7.16. The van der Waals surface area contributed by atoms with Crippen molar-refractivity contribution in [2.75, 3.05) is 63.6 Å². The Morgan fingerprint density at radius 2 is 1.97 bits per heavy atom. The molecule has 1 aliphatic heterocycles. The summed E-state index contributed by atoms with van der Waals surface area (Å²) in [6, 6.07) is 7.41. The van der Waals surface area contributed by atoms with Gasteiger partial charge in [-0.05, 0) is 18.2 Å². The van der Waals surface area contributed by atoms with Gasteiger partial charge in [-0.15, -0.1) is 0 Å². The maximum Gasteiger partial charge on any atom is 0.319 e. The molecule has 0 atom stereocenters. The number of carbonyl (C=O) groups is 1. The monoisotopic (exact) mass is 456 g/mol. The number of ether oxygens (including phenoxy) is 1. The molecule has 4 rings (SSSR count). The molecule has 0 saturated carbocycles. The number of rotatable bonds is 8. The zero-order chi connectivity index (χ0) is 22.3. The quantitative estimate of drug-likeness (QED) is 0.488. The number of halogens is 1. The van der Waals surface area contributed by atoms with E-state index in [4.69, 9.17) is 16.3 Å². The van der Waals surface area contributed by atoms with Crippen LogP contribution < -0.4 is 10.6 Å². The predicted molar refractivity (Wildman–Crippen MR) is 123 cm³/mol. The van der Waals surface area contributed by atoms with E-state index in [0.29, 0.717) is 40.9 Å². The molecule has 168 valence electrons. The lowest BCUT2D eigenvalue weighted by Crippen LogP contribution is -2.49. The van der Waals surface area contributed by atoms with Gasteiger partial charge in [0.1, 0.15) is 17.4 Å². The molecular weight excluding hydrogens is 432 g/mol. The largest absolute Gasteiger partial charge is 0.468 e. The molecule has 11 heteroatoms. The summed E-state index contributed by atoms with van der Waals surface area (Å²) < 4.78 is 4.73. The minimum absolute atomic E-state index is 0.193. The fraction of sp³-hybridized carbons (Fsp3) is 0.381. The van der Waals surface area contributed by atoms with Crippen LogP contribution in [0.4, 0.5) is 17.5 Å².